The second-order valence-electron chi connectivity index (χ2n) is 9.30. The largest absolute Gasteiger partial charge is 0.416 e. The van der Waals surface area contributed by atoms with Gasteiger partial charge in [-0.1, -0.05) is 12.1 Å². The van der Waals surface area contributed by atoms with Gasteiger partial charge in [0, 0.05) is 24.4 Å². The van der Waals surface area contributed by atoms with E-state index in [1.54, 1.807) is 19.1 Å². The van der Waals surface area contributed by atoms with E-state index in [0.717, 1.165) is 56.5 Å². The van der Waals surface area contributed by atoms with Crippen molar-refractivity contribution in [1.29, 1.82) is 0 Å². The Balaban J connectivity index is 1.27. The van der Waals surface area contributed by atoms with Gasteiger partial charge in [-0.25, -0.2) is 0 Å². The monoisotopic (exact) mass is 381 g/mol. The lowest BCUT2D eigenvalue weighted by molar-refractivity contribution is -0.161. The summed E-state index contributed by atoms with van der Waals surface area (Å²) < 4.78 is 38.0. The number of hydrogen-bond donors (Lipinski definition) is 1. The van der Waals surface area contributed by atoms with Gasteiger partial charge in [-0.3, -0.25) is 4.79 Å². The number of carbonyl (C=O) groups is 1. The highest BCUT2D eigenvalue weighted by molar-refractivity contribution is 5.81. The Labute approximate surface area is 157 Å². The molecule has 1 saturated heterocycles. The van der Waals surface area contributed by atoms with Crippen LogP contribution in [0.1, 0.15) is 50.2 Å². The van der Waals surface area contributed by atoms with Gasteiger partial charge in [-0.05, 0) is 69.1 Å². The minimum atomic E-state index is -4.29. The van der Waals surface area contributed by atoms with Gasteiger partial charge >= 0.3 is 6.18 Å². The lowest BCUT2D eigenvalue weighted by atomic mass is 9.69. The summed E-state index contributed by atoms with van der Waals surface area (Å²) in [5.74, 6) is 0.628. The molecule has 2 saturated carbocycles. The Morgan fingerprint density at radius 2 is 1.81 bits per heavy atom. The Kier molecular flexibility index (Phi) is 4.33. The van der Waals surface area contributed by atoms with Crippen molar-refractivity contribution in [2.45, 2.75) is 57.2 Å². The summed E-state index contributed by atoms with van der Waals surface area (Å²) >= 11 is 0. The van der Waals surface area contributed by atoms with Gasteiger partial charge < -0.3 is 10.0 Å². The van der Waals surface area contributed by atoms with E-state index in [9.17, 15) is 23.1 Å². The number of carbonyl (C=O) groups excluding carboxylic acids is 1. The van der Waals surface area contributed by atoms with Gasteiger partial charge in [0.2, 0.25) is 5.91 Å². The summed E-state index contributed by atoms with van der Waals surface area (Å²) in [6.07, 6.45) is 0.842. The molecule has 1 amide bonds. The lowest BCUT2D eigenvalue weighted by Crippen LogP contribution is -2.61. The minimum absolute atomic E-state index is 0.0262. The fraction of sp³-hybridized carbons (Fsp3) is 0.667. The number of benzene rings is 1. The Bertz CT molecular complexity index is 712. The smallest absolute Gasteiger partial charge is 0.390 e. The third-order valence-electron chi connectivity index (χ3n) is 6.70. The first-order valence-corrected chi connectivity index (χ1v) is 9.73. The maximum absolute atomic E-state index is 12.7. The summed E-state index contributed by atoms with van der Waals surface area (Å²) in [6, 6.07) is 5.51. The number of amides is 1. The second kappa shape index (κ2) is 6.23. The molecule has 1 aromatic rings. The third kappa shape index (κ3) is 3.73. The Hall–Kier alpha value is -1.56. The van der Waals surface area contributed by atoms with Crippen LogP contribution in [0.25, 0.3) is 0 Å². The number of rotatable bonds is 3. The first kappa shape index (κ1) is 18.8. The van der Waals surface area contributed by atoms with Gasteiger partial charge in [-0.2, -0.15) is 13.2 Å². The molecule has 1 aromatic carbocycles. The van der Waals surface area contributed by atoms with Crippen LogP contribution in [0.3, 0.4) is 0 Å². The van der Waals surface area contributed by atoms with E-state index in [4.69, 9.17) is 0 Å². The van der Waals surface area contributed by atoms with Crippen LogP contribution in [0, 0.1) is 17.3 Å². The zero-order valence-corrected chi connectivity index (χ0v) is 15.6. The third-order valence-corrected chi connectivity index (χ3v) is 6.70. The molecule has 0 unspecified atom stereocenters. The molecule has 0 radical (unpaired) electrons. The highest BCUT2D eigenvalue weighted by Gasteiger charge is 2.52. The van der Waals surface area contributed by atoms with E-state index < -0.39 is 17.3 Å². The van der Waals surface area contributed by atoms with Crippen molar-refractivity contribution in [3.05, 3.63) is 35.4 Å². The van der Waals surface area contributed by atoms with Crippen molar-refractivity contribution < 1.29 is 23.1 Å². The number of hydrogen-bond acceptors (Lipinski definition) is 2. The number of nitrogens with zero attached hydrogens (tertiary/aromatic N) is 1. The van der Waals surface area contributed by atoms with Crippen molar-refractivity contribution in [3.63, 3.8) is 0 Å². The highest BCUT2D eigenvalue weighted by atomic mass is 19.4. The molecule has 3 aliphatic rings. The first-order valence-electron chi connectivity index (χ1n) is 9.73. The maximum Gasteiger partial charge on any atom is 0.416 e. The number of aliphatic hydroxyl groups is 1. The predicted molar refractivity (Wildman–Crippen MR) is 94.8 cm³/mol. The van der Waals surface area contributed by atoms with E-state index in [0.29, 0.717) is 18.8 Å². The minimum Gasteiger partial charge on any atom is -0.390 e. The van der Waals surface area contributed by atoms with E-state index in [-0.39, 0.29) is 17.2 Å². The Morgan fingerprint density at radius 1 is 1.19 bits per heavy atom. The zero-order valence-electron chi connectivity index (χ0n) is 15.6. The van der Waals surface area contributed by atoms with Crippen molar-refractivity contribution >= 4 is 5.91 Å². The maximum atomic E-state index is 12.7. The molecule has 1 aliphatic heterocycles. The van der Waals surface area contributed by atoms with Crippen LogP contribution in [0.5, 0.6) is 0 Å². The molecule has 6 heteroatoms. The van der Waals surface area contributed by atoms with Crippen LogP contribution in [-0.2, 0) is 17.4 Å². The fourth-order valence-corrected chi connectivity index (χ4v) is 5.31. The molecule has 1 atom stereocenters. The summed E-state index contributed by atoms with van der Waals surface area (Å²) in [6.45, 7) is 3.37. The number of likely N-dealkylation sites (tertiary alicyclic amines) is 1. The summed E-state index contributed by atoms with van der Waals surface area (Å²) in [7, 11) is 0. The van der Waals surface area contributed by atoms with Crippen molar-refractivity contribution in [3.8, 4) is 0 Å². The average Bonchev–Trinajstić information content (AvgIpc) is 2.94. The van der Waals surface area contributed by atoms with Gasteiger partial charge in [0.1, 0.15) is 0 Å². The SMILES string of the molecule is CC1(O)CC(C(=O)N2CC3(CC[C@H](Cc4ccc(C(F)(F)F)cc4)C3)C2)C1. The first-order chi connectivity index (χ1) is 12.6. The van der Waals surface area contributed by atoms with Crippen LogP contribution in [0.4, 0.5) is 13.2 Å². The predicted octanol–water partition coefficient (Wildman–Crippen LogP) is 4.04. The topological polar surface area (TPSA) is 40.5 Å². The fourth-order valence-electron chi connectivity index (χ4n) is 5.31. The quantitative estimate of drug-likeness (QED) is 0.859. The molecule has 27 heavy (non-hydrogen) atoms. The van der Waals surface area contributed by atoms with Gasteiger partial charge in [-0.15, -0.1) is 0 Å². The molecule has 4 rings (SSSR count). The van der Waals surface area contributed by atoms with E-state index in [1.807, 2.05) is 4.90 Å². The molecular formula is C21H26F3NO2. The molecule has 1 heterocycles. The standard InChI is InChI=1S/C21H26F3NO2/c1-19(27)10-16(11-19)18(26)25-12-20(13-25)7-6-15(9-20)8-14-2-4-17(5-3-14)21(22,23)24/h2-5,15-16,27H,6-13H2,1H3/t15-,16?,19?/m1/s1. The van der Waals surface area contributed by atoms with Gasteiger partial charge in [0.15, 0.2) is 0 Å². The highest BCUT2D eigenvalue weighted by Crippen LogP contribution is 2.50. The second-order valence-corrected chi connectivity index (χ2v) is 9.30. The molecule has 1 N–H and O–H groups in total. The van der Waals surface area contributed by atoms with Crippen molar-refractivity contribution in [2.24, 2.45) is 17.3 Å². The molecule has 2 aliphatic carbocycles. The summed E-state index contributed by atoms with van der Waals surface area (Å²) in [4.78, 5) is 14.4. The van der Waals surface area contributed by atoms with E-state index >= 15 is 0 Å². The molecular weight excluding hydrogens is 355 g/mol. The molecule has 0 bridgehead atoms. The lowest BCUT2D eigenvalue weighted by Gasteiger charge is -2.52. The molecule has 148 valence electrons. The van der Waals surface area contributed by atoms with Crippen LogP contribution in [0.2, 0.25) is 0 Å². The molecule has 0 aromatic heterocycles. The normalized spacial score (nSPS) is 32.3. The average molecular weight is 381 g/mol. The molecule has 3 nitrogen and oxygen atoms in total. The van der Waals surface area contributed by atoms with Crippen LogP contribution in [-0.4, -0.2) is 34.6 Å². The summed E-state index contributed by atoms with van der Waals surface area (Å²) in [5.41, 5.74) is -0.118. The van der Waals surface area contributed by atoms with Gasteiger partial charge in [0.25, 0.3) is 0 Å². The van der Waals surface area contributed by atoms with Crippen LogP contribution in [0.15, 0.2) is 24.3 Å². The Morgan fingerprint density at radius 3 is 2.37 bits per heavy atom. The van der Waals surface area contributed by atoms with Crippen LogP contribution >= 0.6 is 0 Å². The van der Waals surface area contributed by atoms with E-state index in [1.165, 1.54) is 0 Å². The molecule has 3 fully saturated rings. The molecule has 1 spiro atoms. The van der Waals surface area contributed by atoms with Crippen molar-refractivity contribution in [2.75, 3.05) is 13.1 Å². The van der Waals surface area contributed by atoms with E-state index in [2.05, 4.69) is 0 Å². The van der Waals surface area contributed by atoms with Gasteiger partial charge in [0.05, 0.1) is 11.2 Å². The number of alkyl halides is 3. The zero-order chi connectivity index (χ0) is 19.4. The summed E-state index contributed by atoms with van der Waals surface area (Å²) in [5, 5.41) is 9.81. The number of halogens is 3. The van der Waals surface area contributed by atoms with Crippen molar-refractivity contribution in [1.82, 2.24) is 4.90 Å². The van der Waals surface area contributed by atoms with Crippen LogP contribution < -0.4 is 0 Å².